The highest BCUT2D eigenvalue weighted by Crippen LogP contribution is 2.37. The summed E-state index contributed by atoms with van der Waals surface area (Å²) in [5.41, 5.74) is 14.9. The summed E-state index contributed by atoms with van der Waals surface area (Å²) in [6.07, 6.45) is 11.5. The Morgan fingerprint density at radius 2 is 1.11 bits per heavy atom. The molecular formula is C55H52N2. The lowest BCUT2D eigenvalue weighted by Crippen LogP contribution is -1.95. The first-order valence-electron chi connectivity index (χ1n) is 20.3. The zero-order valence-corrected chi connectivity index (χ0v) is 34.1. The van der Waals surface area contributed by atoms with Crippen molar-refractivity contribution in [3.63, 3.8) is 0 Å². The van der Waals surface area contributed by atoms with Crippen LogP contribution in [-0.4, -0.2) is 9.13 Å². The Balaban J connectivity index is 0.000000247. The first-order chi connectivity index (χ1) is 28.0. The minimum Gasteiger partial charge on any atom is -0.309 e. The normalized spacial score (nSPS) is 11.7. The van der Waals surface area contributed by atoms with Gasteiger partial charge in [0.2, 0.25) is 0 Å². The Labute approximate surface area is 338 Å². The lowest BCUT2D eigenvalue weighted by atomic mass is 10.0. The summed E-state index contributed by atoms with van der Waals surface area (Å²) in [6.45, 7) is 12.5. The molecule has 9 aromatic rings. The van der Waals surface area contributed by atoms with E-state index in [0.717, 1.165) is 6.42 Å². The maximum absolute atomic E-state index is 2.41. The molecule has 2 nitrogen and oxygen atoms in total. The van der Waals surface area contributed by atoms with Crippen LogP contribution in [-0.2, 0) is 6.42 Å². The number of aromatic nitrogens is 2. The summed E-state index contributed by atoms with van der Waals surface area (Å²) in [4.78, 5) is 0. The highest BCUT2D eigenvalue weighted by atomic mass is 15.0. The fourth-order valence-corrected chi connectivity index (χ4v) is 7.71. The van der Waals surface area contributed by atoms with Crippen LogP contribution in [0, 0.1) is 6.92 Å². The highest BCUT2D eigenvalue weighted by molar-refractivity contribution is 6.11. The van der Waals surface area contributed by atoms with E-state index in [1.165, 1.54) is 88.4 Å². The number of nitrogens with zero attached hydrogens (tertiary/aromatic N) is 2. The van der Waals surface area contributed by atoms with Crippen molar-refractivity contribution in [3.8, 4) is 22.5 Å². The minimum absolute atomic E-state index is 1.03. The molecule has 0 spiro atoms. The van der Waals surface area contributed by atoms with Gasteiger partial charge in [-0.1, -0.05) is 166 Å². The molecular weight excluding hydrogens is 689 g/mol. The monoisotopic (exact) mass is 740 g/mol. The van der Waals surface area contributed by atoms with Gasteiger partial charge in [0.25, 0.3) is 0 Å². The summed E-state index contributed by atoms with van der Waals surface area (Å²) >= 11 is 0. The van der Waals surface area contributed by atoms with E-state index in [4.69, 9.17) is 0 Å². The molecule has 2 aromatic heterocycles. The van der Waals surface area contributed by atoms with Gasteiger partial charge < -0.3 is 9.13 Å². The number of para-hydroxylation sites is 3. The van der Waals surface area contributed by atoms with E-state index in [2.05, 4.69) is 212 Å². The van der Waals surface area contributed by atoms with Crippen LogP contribution < -0.4 is 0 Å². The van der Waals surface area contributed by atoms with Crippen LogP contribution in [0.25, 0.3) is 72.2 Å². The molecule has 2 heterocycles. The second kappa shape index (κ2) is 17.9. The van der Waals surface area contributed by atoms with Crippen LogP contribution in [0.1, 0.15) is 51.3 Å². The highest BCUT2D eigenvalue weighted by Gasteiger charge is 2.15. The summed E-state index contributed by atoms with van der Waals surface area (Å²) < 4.78 is 4.80. The van der Waals surface area contributed by atoms with Gasteiger partial charge >= 0.3 is 0 Å². The molecule has 0 amide bonds. The van der Waals surface area contributed by atoms with E-state index >= 15 is 0 Å². The van der Waals surface area contributed by atoms with Gasteiger partial charge in [-0.05, 0) is 110 Å². The summed E-state index contributed by atoms with van der Waals surface area (Å²) in [5.74, 6) is 0. The van der Waals surface area contributed by atoms with Crippen LogP contribution in [0.15, 0.2) is 194 Å². The molecule has 7 aromatic carbocycles. The molecule has 0 atom stereocenters. The number of benzene rings is 7. The van der Waals surface area contributed by atoms with Crippen molar-refractivity contribution in [2.75, 3.05) is 0 Å². The van der Waals surface area contributed by atoms with Crippen molar-refractivity contribution in [1.29, 1.82) is 0 Å². The summed E-state index contributed by atoms with van der Waals surface area (Å²) in [5, 5.41) is 5.16. The maximum atomic E-state index is 2.41. The zero-order chi connectivity index (χ0) is 39.7. The Hall–Kier alpha value is -6.64. The van der Waals surface area contributed by atoms with Gasteiger partial charge in [-0.15, -0.1) is 0 Å². The fourth-order valence-electron chi connectivity index (χ4n) is 7.71. The second-order valence-electron chi connectivity index (χ2n) is 14.2. The van der Waals surface area contributed by atoms with Gasteiger partial charge in [0.1, 0.15) is 0 Å². The van der Waals surface area contributed by atoms with Gasteiger partial charge in [0, 0.05) is 32.9 Å². The third-order valence-electron chi connectivity index (χ3n) is 10.5. The van der Waals surface area contributed by atoms with E-state index in [1.54, 1.807) is 0 Å². The van der Waals surface area contributed by atoms with Crippen molar-refractivity contribution in [3.05, 3.63) is 210 Å². The number of fused-ring (bicyclic) bond motifs is 6. The molecule has 0 bridgehead atoms. The molecule has 0 aliphatic rings. The molecule has 0 aliphatic carbocycles. The van der Waals surface area contributed by atoms with Gasteiger partial charge in [-0.3, -0.25) is 0 Å². The first kappa shape index (κ1) is 38.6. The Bertz CT molecular complexity index is 2820. The third-order valence-corrected chi connectivity index (χ3v) is 10.5. The Kier molecular flexibility index (Phi) is 12.1. The van der Waals surface area contributed by atoms with E-state index in [0.29, 0.717) is 0 Å². The number of hydrogen-bond donors (Lipinski definition) is 0. The lowest BCUT2D eigenvalue weighted by molar-refractivity contribution is 1.14. The average Bonchev–Trinajstić information content (AvgIpc) is 3.78. The third kappa shape index (κ3) is 8.04. The second-order valence-corrected chi connectivity index (χ2v) is 14.2. The molecule has 0 fully saturated rings. The van der Waals surface area contributed by atoms with E-state index in [1.807, 2.05) is 32.9 Å². The van der Waals surface area contributed by atoms with Crippen molar-refractivity contribution < 1.29 is 0 Å². The molecule has 282 valence electrons. The minimum atomic E-state index is 1.03. The van der Waals surface area contributed by atoms with Gasteiger partial charge in [-0.2, -0.15) is 0 Å². The number of hydrogen-bond acceptors (Lipinski definition) is 0. The predicted molar refractivity (Wildman–Crippen MR) is 250 cm³/mol. The van der Waals surface area contributed by atoms with Crippen molar-refractivity contribution in [2.24, 2.45) is 0 Å². The molecule has 0 unspecified atom stereocenters. The van der Waals surface area contributed by atoms with E-state index < -0.39 is 0 Å². The lowest BCUT2D eigenvalue weighted by Gasteiger charge is -2.11. The van der Waals surface area contributed by atoms with Crippen molar-refractivity contribution in [1.82, 2.24) is 9.13 Å². The fraction of sp³-hybridized carbons (Fsp3) is 0.127. The molecule has 2 heteroatoms. The van der Waals surface area contributed by atoms with Crippen LogP contribution in [0.2, 0.25) is 0 Å². The molecule has 0 saturated heterocycles. The van der Waals surface area contributed by atoms with E-state index in [9.17, 15) is 0 Å². The predicted octanol–water partition coefficient (Wildman–Crippen LogP) is 15.7. The molecule has 0 N–H and O–H groups in total. The largest absolute Gasteiger partial charge is 0.309 e. The van der Waals surface area contributed by atoms with Crippen LogP contribution in [0.4, 0.5) is 0 Å². The molecule has 0 saturated carbocycles. The van der Waals surface area contributed by atoms with Crippen LogP contribution in [0.3, 0.4) is 0 Å². The standard InChI is InChI=1S/C38H28N2.C15H18.C2H6/c1-2-26-19-22-37-34(23-26)33-21-20-28(25-38(33)39(37)29-12-4-3-5-13-29)27-11-10-14-30(24-27)40-35-17-8-6-15-31(35)32-16-7-9-18-36(32)40;1-4-5-6-9-13(2)12-15-11-8-7-10-14(15)3;1-2/h3-25H,2H2,1H3;4-12H,1-3H3;1-2H3/b;5-4-,9-6-,13-12+;. The topological polar surface area (TPSA) is 9.86 Å². The SMILES string of the molecule is CC.CCc1ccc2c(c1)c1ccc(-c3cccc(-n4c5ccccc5c5ccccc54)c3)cc1n2-c1ccccc1.C\C=C/C=C\C(C)=C\c1ccccc1C. The molecule has 9 rings (SSSR count). The summed E-state index contributed by atoms with van der Waals surface area (Å²) in [7, 11) is 0. The molecule has 57 heavy (non-hydrogen) atoms. The maximum Gasteiger partial charge on any atom is 0.0547 e. The average molecular weight is 741 g/mol. The molecule has 0 radical (unpaired) electrons. The van der Waals surface area contributed by atoms with Crippen molar-refractivity contribution >= 4 is 49.7 Å². The van der Waals surface area contributed by atoms with Crippen molar-refractivity contribution in [2.45, 2.75) is 48.0 Å². The van der Waals surface area contributed by atoms with E-state index in [-0.39, 0.29) is 0 Å². The quantitative estimate of drug-likeness (QED) is 0.144. The summed E-state index contributed by atoms with van der Waals surface area (Å²) in [6, 6.07) is 59.3. The van der Waals surface area contributed by atoms with Gasteiger partial charge in [-0.25, -0.2) is 0 Å². The number of aryl methyl sites for hydroxylation is 2. The first-order valence-corrected chi connectivity index (χ1v) is 20.3. The smallest absolute Gasteiger partial charge is 0.0547 e. The number of rotatable bonds is 7. The zero-order valence-electron chi connectivity index (χ0n) is 34.1. The number of allylic oxidation sites excluding steroid dienone is 5. The van der Waals surface area contributed by atoms with Crippen LogP contribution >= 0.6 is 0 Å². The van der Waals surface area contributed by atoms with Gasteiger partial charge in [0.05, 0.1) is 22.1 Å². The van der Waals surface area contributed by atoms with Crippen LogP contribution in [0.5, 0.6) is 0 Å². The Morgan fingerprint density at radius 3 is 1.81 bits per heavy atom. The molecule has 0 aliphatic heterocycles. The Morgan fingerprint density at radius 1 is 0.509 bits per heavy atom. The van der Waals surface area contributed by atoms with Gasteiger partial charge in [0.15, 0.2) is 0 Å².